The normalized spacial score (nSPS) is 6.29. The first-order valence-corrected chi connectivity index (χ1v) is 1.25. The van der Waals surface area contributed by atoms with Crippen molar-refractivity contribution < 1.29 is 34.5 Å². The number of carboxylic acids is 1. The van der Waals surface area contributed by atoms with Gasteiger partial charge in [0.05, 0.1) is 0 Å². The second kappa shape index (κ2) is 3.81. The summed E-state index contributed by atoms with van der Waals surface area (Å²) in [5, 5.41) is 15.5. The van der Waals surface area contributed by atoms with Crippen LogP contribution in [-0.4, -0.2) is 16.2 Å². The Labute approximate surface area is 53.4 Å². The van der Waals surface area contributed by atoms with E-state index >= 15 is 0 Å². The quantitative estimate of drug-likeness (QED) is 0.320. The minimum Gasteiger partial charge on any atom is -0.502 e. The molecule has 7 heavy (non-hydrogen) atoms. The largest absolute Gasteiger partial charge is 0.502 e. The Hall–Kier alpha value is -0.367. The topological polar surface area (TPSA) is 57.5 Å². The monoisotopic (exact) mass is 152 g/mol. The standard InChI is InChI=1S/C3H4O3.Zn/c1-2(4)3(5)6;/h4H,1H2,(H,5,6);. The zero-order chi connectivity index (χ0) is 5.15. The third kappa shape index (κ3) is 5.63. The number of aliphatic hydroxyl groups is 1. The van der Waals surface area contributed by atoms with Crippen LogP contribution >= 0.6 is 0 Å². The van der Waals surface area contributed by atoms with E-state index in [1.165, 1.54) is 0 Å². The first-order chi connectivity index (χ1) is 2.64. The van der Waals surface area contributed by atoms with Gasteiger partial charge in [0.1, 0.15) is 0 Å². The molecule has 0 fully saturated rings. The van der Waals surface area contributed by atoms with Crippen molar-refractivity contribution in [3.8, 4) is 0 Å². The minimum atomic E-state index is -1.38. The number of carboxylic acid groups (broad SMARTS) is 1. The average Bonchev–Trinajstić information content (AvgIpc) is 1.36. The van der Waals surface area contributed by atoms with Crippen molar-refractivity contribution in [3.63, 3.8) is 0 Å². The molecule has 0 aromatic heterocycles. The second-order valence-electron chi connectivity index (χ2n) is 0.752. The molecule has 0 rings (SSSR count). The molecule has 0 amide bonds. The maximum atomic E-state index is 9.35. The van der Waals surface area contributed by atoms with E-state index in [-0.39, 0.29) is 19.5 Å². The van der Waals surface area contributed by atoms with Crippen molar-refractivity contribution in [3.05, 3.63) is 12.3 Å². The summed E-state index contributed by atoms with van der Waals surface area (Å²) in [7, 11) is 0. The molecule has 36 valence electrons. The van der Waals surface area contributed by atoms with E-state index in [2.05, 4.69) is 6.58 Å². The summed E-state index contributed by atoms with van der Waals surface area (Å²) in [5.74, 6) is -2.20. The summed E-state index contributed by atoms with van der Waals surface area (Å²) in [5.41, 5.74) is 0. The molecule has 0 aromatic carbocycles. The summed E-state index contributed by atoms with van der Waals surface area (Å²) in [6, 6.07) is 0. The summed E-state index contributed by atoms with van der Waals surface area (Å²) in [4.78, 5) is 9.35. The Balaban J connectivity index is 0. The van der Waals surface area contributed by atoms with Gasteiger partial charge in [-0.1, -0.05) is 0 Å². The first-order valence-electron chi connectivity index (χ1n) is 1.25. The molecular weight excluding hydrogens is 149 g/mol. The van der Waals surface area contributed by atoms with Crippen molar-refractivity contribution in [2.24, 2.45) is 0 Å². The van der Waals surface area contributed by atoms with Crippen LogP contribution in [0, 0.1) is 0 Å². The molecule has 0 aromatic rings. The maximum Gasteiger partial charge on any atom is 0.370 e. The molecule has 0 radical (unpaired) electrons. The molecule has 4 heteroatoms. The van der Waals surface area contributed by atoms with Crippen molar-refractivity contribution >= 4 is 5.97 Å². The number of carbonyl (C=O) groups is 1. The fourth-order valence-electron chi connectivity index (χ4n) is 0. The predicted octanol–water partition coefficient (Wildman–Crippen LogP) is 0.140. The van der Waals surface area contributed by atoms with Crippen LogP contribution in [0.4, 0.5) is 0 Å². The SMILES string of the molecule is C=C(O)C(=O)O.[Zn]. The zero-order valence-electron chi connectivity index (χ0n) is 3.72. The molecule has 0 spiro atoms. The smallest absolute Gasteiger partial charge is 0.370 e. The second-order valence-corrected chi connectivity index (χ2v) is 0.752. The molecule has 0 saturated carbocycles. The van der Waals surface area contributed by atoms with E-state index in [1.54, 1.807) is 0 Å². The van der Waals surface area contributed by atoms with Crippen LogP contribution in [0.2, 0.25) is 0 Å². The molecule has 0 bridgehead atoms. The van der Waals surface area contributed by atoms with Crippen LogP contribution < -0.4 is 0 Å². The number of aliphatic hydroxyl groups excluding tert-OH is 1. The number of hydrogen-bond donors (Lipinski definition) is 2. The molecule has 0 aliphatic heterocycles. The van der Waals surface area contributed by atoms with Gasteiger partial charge in [-0.2, -0.15) is 0 Å². The van der Waals surface area contributed by atoms with E-state index in [0.29, 0.717) is 0 Å². The maximum absolute atomic E-state index is 9.35. The fraction of sp³-hybridized carbons (Fsp3) is 0. The first kappa shape index (κ1) is 9.81. The Morgan fingerprint density at radius 3 is 1.57 bits per heavy atom. The number of hydrogen-bond acceptors (Lipinski definition) is 2. The van der Waals surface area contributed by atoms with Gasteiger partial charge in [-0.25, -0.2) is 4.79 Å². The average molecular weight is 153 g/mol. The van der Waals surface area contributed by atoms with Crippen molar-refractivity contribution in [1.29, 1.82) is 0 Å². The van der Waals surface area contributed by atoms with Crippen molar-refractivity contribution in [2.75, 3.05) is 0 Å². The minimum absolute atomic E-state index is 0. The molecule has 0 atom stereocenters. The van der Waals surface area contributed by atoms with Gasteiger partial charge in [0.25, 0.3) is 0 Å². The Kier molecular flexibility index (Phi) is 5.34. The van der Waals surface area contributed by atoms with Gasteiger partial charge in [0, 0.05) is 19.5 Å². The third-order valence-electron chi connectivity index (χ3n) is 0.247. The van der Waals surface area contributed by atoms with Crippen molar-refractivity contribution in [2.45, 2.75) is 0 Å². The number of rotatable bonds is 1. The zero-order valence-corrected chi connectivity index (χ0v) is 6.68. The molecular formula is C3H4O3Zn. The Morgan fingerprint density at radius 1 is 1.43 bits per heavy atom. The van der Waals surface area contributed by atoms with Crippen LogP contribution in [0.5, 0.6) is 0 Å². The van der Waals surface area contributed by atoms with Crippen LogP contribution in [0.15, 0.2) is 12.3 Å². The van der Waals surface area contributed by atoms with Crippen LogP contribution in [-0.2, 0) is 24.3 Å². The molecule has 0 aliphatic carbocycles. The molecule has 0 saturated heterocycles. The third-order valence-corrected chi connectivity index (χ3v) is 0.247. The van der Waals surface area contributed by atoms with E-state index in [9.17, 15) is 4.79 Å². The fourth-order valence-corrected chi connectivity index (χ4v) is 0. The van der Waals surface area contributed by atoms with Gasteiger partial charge in [-0.15, -0.1) is 0 Å². The van der Waals surface area contributed by atoms with E-state index in [1.807, 2.05) is 0 Å². The van der Waals surface area contributed by atoms with Crippen LogP contribution in [0.1, 0.15) is 0 Å². The molecule has 2 N–H and O–H groups in total. The van der Waals surface area contributed by atoms with Gasteiger partial charge in [-0.3, -0.25) is 0 Å². The molecule has 0 aliphatic rings. The van der Waals surface area contributed by atoms with Gasteiger partial charge in [0.15, 0.2) is 5.76 Å². The summed E-state index contributed by atoms with van der Waals surface area (Å²) >= 11 is 0. The molecule has 0 heterocycles. The van der Waals surface area contributed by atoms with E-state index < -0.39 is 11.7 Å². The van der Waals surface area contributed by atoms with E-state index in [4.69, 9.17) is 10.2 Å². The van der Waals surface area contributed by atoms with Gasteiger partial charge in [0.2, 0.25) is 0 Å². The van der Waals surface area contributed by atoms with Gasteiger partial charge >= 0.3 is 5.97 Å². The summed E-state index contributed by atoms with van der Waals surface area (Å²) in [6.07, 6.45) is 0. The number of aliphatic carboxylic acids is 1. The van der Waals surface area contributed by atoms with E-state index in [0.717, 1.165) is 0 Å². The summed E-state index contributed by atoms with van der Waals surface area (Å²) < 4.78 is 0. The van der Waals surface area contributed by atoms with Gasteiger partial charge in [-0.05, 0) is 6.58 Å². The Morgan fingerprint density at radius 2 is 1.57 bits per heavy atom. The predicted molar refractivity (Wildman–Crippen MR) is 19.4 cm³/mol. The molecule has 3 nitrogen and oxygen atoms in total. The Bertz CT molecular complexity index is 76.2. The summed E-state index contributed by atoms with van der Waals surface area (Å²) in [6.45, 7) is 2.71. The van der Waals surface area contributed by atoms with Crippen molar-refractivity contribution in [1.82, 2.24) is 0 Å². The van der Waals surface area contributed by atoms with Crippen LogP contribution in [0.25, 0.3) is 0 Å². The molecule has 0 unspecified atom stereocenters. The van der Waals surface area contributed by atoms with Crippen LogP contribution in [0.3, 0.4) is 0 Å². The van der Waals surface area contributed by atoms with Gasteiger partial charge < -0.3 is 10.2 Å².